The Kier molecular flexibility index (Phi) is 6.37. The zero-order chi connectivity index (χ0) is 15.8. The van der Waals surface area contributed by atoms with Crippen LogP contribution in [0.25, 0.3) is 0 Å². The molecular weight excluding hydrogens is 270 g/mol. The predicted octanol–water partition coefficient (Wildman–Crippen LogP) is 0.151. The molecule has 0 aliphatic rings. The Morgan fingerprint density at radius 3 is 2.76 bits per heavy atom. The second-order valence-electron chi connectivity index (χ2n) is 4.69. The highest BCUT2D eigenvalue weighted by atomic mass is 16.2. The second kappa shape index (κ2) is 8.02. The predicted molar refractivity (Wildman–Crippen MR) is 78.2 cm³/mol. The van der Waals surface area contributed by atoms with E-state index in [1.807, 2.05) is 0 Å². The number of pyridine rings is 1. The molecule has 0 saturated heterocycles. The SMILES string of the molecule is CC(C)N(CC(N)=O)C(=O)c1ccncc1C#CCCO. The van der Waals surface area contributed by atoms with E-state index >= 15 is 0 Å². The van der Waals surface area contributed by atoms with Crippen LogP contribution in [0.3, 0.4) is 0 Å². The van der Waals surface area contributed by atoms with E-state index in [9.17, 15) is 9.59 Å². The van der Waals surface area contributed by atoms with Crippen LogP contribution < -0.4 is 5.73 Å². The van der Waals surface area contributed by atoms with Crippen LogP contribution in [-0.2, 0) is 4.79 Å². The number of nitrogens with zero attached hydrogens (tertiary/aromatic N) is 2. The second-order valence-corrected chi connectivity index (χ2v) is 4.69. The van der Waals surface area contributed by atoms with Crippen molar-refractivity contribution in [2.24, 2.45) is 5.73 Å². The number of hydrogen-bond acceptors (Lipinski definition) is 4. The molecule has 1 rings (SSSR count). The van der Waals surface area contributed by atoms with E-state index in [1.54, 1.807) is 19.9 Å². The summed E-state index contributed by atoms with van der Waals surface area (Å²) in [6, 6.07) is 1.39. The first kappa shape index (κ1) is 16.7. The molecule has 1 aromatic heterocycles. The molecule has 3 N–H and O–H groups in total. The summed E-state index contributed by atoms with van der Waals surface area (Å²) in [4.78, 5) is 29.0. The van der Waals surface area contributed by atoms with Crippen molar-refractivity contribution >= 4 is 11.8 Å². The fourth-order valence-electron chi connectivity index (χ4n) is 1.71. The Morgan fingerprint density at radius 2 is 2.19 bits per heavy atom. The van der Waals surface area contributed by atoms with Crippen LogP contribution in [0, 0.1) is 11.8 Å². The summed E-state index contributed by atoms with van der Waals surface area (Å²) in [6.07, 6.45) is 3.30. The number of rotatable bonds is 5. The molecule has 0 unspecified atom stereocenters. The number of carbonyl (C=O) groups is 2. The summed E-state index contributed by atoms with van der Waals surface area (Å²) in [5.41, 5.74) is 6.01. The zero-order valence-electron chi connectivity index (χ0n) is 12.2. The quantitative estimate of drug-likeness (QED) is 0.754. The summed E-state index contributed by atoms with van der Waals surface area (Å²) < 4.78 is 0. The molecule has 2 amide bonds. The molecule has 1 aromatic rings. The van der Waals surface area contributed by atoms with Crippen molar-refractivity contribution in [2.75, 3.05) is 13.2 Å². The maximum absolute atomic E-state index is 12.5. The molecular formula is C15H19N3O3. The van der Waals surface area contributed by atoms with E-state index < -0.39 is 5.91 Å². The van der Waals surface area contributed by atoms with E-state index in [0.29, 0.717) is 17.5 Å². The molecule has 0 radical (unpaired) electrons. The fourth-order valence-corrected chi connectivity index (χ4v) is 1.71. The van der Waals surface area contributed by atoms with Crippen LogP contribution in [0.5, 0.6) is 0 Å². The molecule has 0 aliphatic carbocycles. The van der Waals surface area contributed by atoms with Gasteiger partial charge >= 0.3 is 0 Å². The molecule has 0 aliphatic heterocycles. The van der Waals surface area contributed by atoms with Gasteiger partial charge in [0.15, 0.2) is 0 Å². The van der Waals surface area contributed by atoms with Gasteiger partial charge in [-0.3, -0.25) is 14.6 Å². The summed E-state index contributed by atoms with van der Waals surface area (Å²) in [5, 5.41) is 8.74. The lowest BCUT2D eigenvalue weighted by molar-refractivity contribution is -0.119. The number of aliphatic hydroxyl groups is 1. The highest BCUT2D eigenvalue weighted by Gasteiger charge is 2.22. The highest BCUT2D eigenvalue weighted by molar-refractivity contribution is 5.98. The minimum atomic E-state index is -0.570. The number of aliphatic hydroxyl groups excluding tert-OH is 1. The zero-order valence-corrected chi connectivity index (χ0v) is 12.2. The normalized spacial score (nSPS) is 9.90. The smallest absolute Gasteiger partial charge is 0.255 e. The molecule has 0 spiro atoms. The minimum absolute atomic E-state index is 0.0453. The highest BCUT2D eigenvalue weighted by Crippen LogP contribution is 2.12. The summed E-state index contributed by atoms with van der Waals surface area (Å²) in [6.45, 7) is 3.41. The summed E-state index contributed by atoms with van der Waals surface area (Å²) in [7, 11) is 0. The standard InChI is InChI=1S/C15H19N3O3/c1-11(2)18(10-14(16)20)15(21)13-6-7-17-9-12(13)5-3-4-8-19/h6-7,9,11,19H,4,8,10H2,1-2H3,(H2,16,20). The first-order valence-electron chi connectivity index (χ1n) is 6.60. The maximum Gasteiger partial charge on any atom is 0.255 e. The number of amides is 2. The van der Waals surface area contributed by atoms with Gasteiger partial charge in [-0.25, -0.2) is 0 Å². The Labute approximate surface area is 124 Å². The number of aromatic nitrogens is 1. The molecule has 0 aromatic carbocycles. The molecule has 6 heteroatoms. The van der Waals surface area contributed by atoms with Crippen LogP contribution in [0.1, 0.15) is 36.2 Å². The molecule has 0 fully saturated rings. The largest absolute Gasteiger partial charge is 0.395 e. The van der Waals surface area contributed by atoms with Crippen molar-refractivity contribution in [1.29, 1.82) is 0 Å². The van der Waals surface area contributed by atoms with Gasteiger partial charge in [0.2, 0.25) is 5.91 Å². The van der Waals surface area contributed by atoms with Gasteiger partial charge in [-0.05, 0) is 19.9 Å². The maximum atomic E-state index is 12.5. The van der Waals surface area contributed by atoms with Gasteiger partial charge in [0.25, 0.3) is 5.91 Å². The number of nitrogens with two attached hydrogens (primary N) is 1. The van der Waals surface area contributed by atoms with E-state index in [1.165, 1.54) is 17.3 Å². The monoisotopic (exact) mass is 289 g/mol. The van der Waals surface area contributed by atoms with Crippen LogP contribution in [0.2, 0.25) is 0 Å². The van der Waals surface area contributed by atoms with E-state index in [4.69, 9.17) is 10.8 Å². The number of hydrogen-bond donors (Lipinski definition) is 2. The Morgan fingerprint density at radius 1 is 1.48 bits per heavy atom. The van der Waals surface area contributed by atoms with Crippen molar-refractivity contribution in [3.05, 3.63) is 29.6 Å². The van der Waals surface area contributed by atoms with E-state index in [-0.39, 0.29) is 25.1 Å². The lowest BCUT2D eigenvalue weighted by atomic mass is 10.1. The minimum Gasteiger partial charge on any atom is -0.395 e. The van der Waals surface area contributed by atoms with Crippen LogP contribution in [-0.4, -0.2) is 46.0 Å². The third-order valence-corrected chi connectivity index (χ3v) is 2.72. The topological polar surface area (TPSA) is 96.5 Å². The third kappa shape index (κ3) is 4.89. The molecule has 1 heterocycles. The van der Waals surface area contributed by atoms with Gasteiger partial charge in [0.05, 0.1) is 24.3 Å². The van der Waals surface area contributed by atoms with Gasteiger partial charge in [-0.2, -0.15) is 0 Å². The van der Waals surface area contributed by atoms with Gasteiger partial charge in [-0.15, -0.1) is 0 Å². The van der Waals surface area contributed by atoms with E-state index in [2.05, 4.69) is 16.8 Å². The van der Waals surface area contributed by atoms with Crippen molar-refractivity contribution in [3.8, 4) is 11.8 Å². The summed E-state index contributed by atoms with van der Waals surface area (Å²) >= 11 is 0. The molecule has 112 valence electrons. The lowest BCUT2D eigenvalue weighted by Gasteiger charge is -2.25. The van der Waals surface area contributed by atoms with Gasteiger partial charge in [0, 0.05) is 24.9 Å². The van der Waals surface area contributed by atoms with E-state index in [0.717, 1.165) is 0 Å². The van der Waals surface area contributed by atoms with Crippen molar-refractivity contribution in [2.45, 2.75) is 26.3 Å². The van der Waals surface area contributed by atoms with Crippen LogP contribution in [0.4, 0.5) is 0 Å². The van der Waals surface area contributed by atoms with Gasteiger partial charge in [0.1, 0.15) is 0 Å². The number of carbonyl (C=O) groups excluding carboxylic acids is 2. The number of primary amides is 1. The molecule has 21 heavy (non-hydrogen) atoms. The van der Waals surface area contributed by atoms with Crippen LogP contribution >= 0.6 is 0 Å². The Hall–Kier alpha value is -2.39. The average molecular weight is 289 g/mol. The van der Waals surface area contributed by atoms with Gasteiger partial charge < -0.3 is 15.7 Å². The van der Waals surface area contributed by atoms with Crippen LogP contribution in [0.15, 0.2) is 18.5 Å². The third-order valence-electron chi connectivity index (χ3n) is 2.72. The van der Waals surface area contributed by atoms with Gasteiger partial charge in [-0.1, -0.05) is 11.8 Å². The first-order chi connectivity index (χ1) is 9.97. The first-order valence-corrected chi connectivity index (χ1v) is 6.60. The summed E-state index contributed by atoms with van der Waals surface area (Å²) in [5.74, 6) is 4.67. The fraction of sp³-hybridized carbons (Fsp3) is 0.400. The Balaban J connectivity index is 3.11. The molecule has 0 atom stereocenters. The van der Waals surface area contributed by atoms with Crippen molar-refractivity contribution in [1.82, 2.24) is 9.88 Å². The lowest BCUT2D eigenvalue weighted by Crippen LogP contribution is -2.43. The molecule has 0 bridgehead atoms. The Bertz CT molecular complexity index is 573. The van der Waals surface area contributed by atoms with Crippen molar-refractivity contribution in [3.63, 3.8) is 0 Å². The molecule has 0 saturated carbocycles. The average Bonchev–Trinajstić information content (AvgIpc) is 2.44. The molecule has 6 nitrogen and oxygen atoms in total. The van der Waals surface area contributed by atoms with Crippen molar-refractivity contribution < 1.29 is 14.7 Å².